The van der Waals surface area contributed by atoms with E-state index in [-0.39, 0.29) is 13.2 Å². The lowest BCUT2D eigenvalue weighted by atomic mass is 9.90. The molecule has 3 unspecified atom stereocenters. The largest absolute Gasteiger partial charge is 0.477 e. The molecule has 3 atom stereocenters. The molecule has 26 heavy (non-hydrogen) atoms. The fourth-order valence-corrected chi connectivity index (χ4v) is 2.41. The predicted octanol–water partition coefficient (Wildman–Crippen LogP) is -2.82. The van der Waals surface area contributed by atoms with Crippen LogP contribution in [0.3, 0.4) is 0 Å². The van der Waals surface area contributed by atoms with Crippen LogP contribution in [-0.4, -0.2) is 89.1 Å². The number of aliphatic hydroxyl groups excluding tert-OH is 3. The van der Waals surface area contributed by atoms with Gasteiger partial charge in [-0.1, -0.05) is 0 Å². The van der Waals surface area contributed by atoms with Crippen LogP contribution in [0.15, 0.2) is 0 Å². The van der Waals surface area contributed by atoms with Crippen LogP contribution in [0.4, 0.5) is 0 Å². The molecule has 0 aromatic rings. The highest BCUT2D eigenvalue weighted by molar-refractivity contribution is 5.76. The van der Waals surface area contributed by atoms with Crippen molar-refractivity contribution in [3.8, 4) is 0 Å². The molecule has 6 N–H and O–H groups in total. The lowest BCUT2D eigenvalue weighted by molar-refractivity contribution is -0.283. The zero-order valence-corrected chi connectivity index (χ0v) is 14.7. The molecule has 0 aliphatic carbocycles. The van der Waals surface area contributed by atoms with Crippen molar-refractivity contribution >= 4 is 17.8 Å². The molecule has 1 rings (SSSR count). The van der Waals surface area contributed by atoms with Gasteiger partial charge in [-0.25, -0.2) is 4.79 Å². The first-order chi connectivity index (χ1) is 12.1. The van der Waals surface area contributed by atoms with Crippen LogP contribution in [0.1, 0.15) is 20.3 Å². The number of aliphatic carboxylic acids is 1. The van der Waals surface area contributed by atoms with Crippen LogP contribution >= 0.6 is 0 Å². The van der Waals surface area contributed by atoms with Crippen molar-refractivity contribution in [1.82, 2.24) is 10.6 Å². The normalized spacial score (nSPS) is 26.2. The highest BCUT2D eigenvalue weighted by Gasteiger charge is 2.50. The van der Waals surface area contributed by atoms with E-state index < -0.39 is 67.4 Å². The third-order valence-electron chi connectivity index (χ3n) is 4.15. The molecule has 0 aromatic heterocycles. The molecule has 0 aromatic carbocycles. The van der Waals surface area contributed by atoms with E-state index in [9.17, 15) is 34.8 Å². The van der Waals surface area contributed by atoms with Crippen molar-refractivity contribution in [3.63, 3.8) is 0 Å². The molecule has 0 bridgehead atoms. The van der Waals surface area contributed by atoms with E-state index in [2.05, 4.69) is 10.6 Å². The van der Waals surface area contributed by atoms with Gasteiger partial charge in [-0.15, -0.1) is 0 Å². The minimum absolute atomic E-state index is 0.151. The molecule has 0 radical (unpaired) electrons. The molecule has 1 fully saturated rings. The van der Waals surface area contributed by atoms with Crippen LogP contribution in [0, 0.1) is 5.41 Å². The van der Waals surface area contributed by atoms with Gasteiger partial charge in [-0.3, -0.25) is 9.59 Å². The third kappa shape index (κ3) is 5.61. The summed E-state index contributed by atoms with van der Waals surface area (Å²) in [5.41, 5.74) is -1.34. The Morgan fingerprint density at radius 2 is 1.85 bits per heavy atom. The van der Waals surface area contributed by atoms with Gasteiger partial charge in [-0.05, 0) is 0 Å². The minimum atomic E-state index is -2.21. The second kappa shape index (κ2) is 9.24. The van der Waals surface area contributed by atoms with Crippen molar-refractivity contribution in [3.05, 3.63) is 0 Å². The van der Waals surface area contributed by atoms with Crippen molar-refractivity contribution in [2.24, 2.45) is 5.41 Å². The number of carboxylic acids is 1. The number of rotatable bonds is 9. The van der Waals surface area contributed by atoms with Crippen LogP contribution in [0.2, 0.25) is 0 Å². The topological polar surface area (TPSA) is 175 Å². The lowest BCUT2D eigenvalue weighted by Crippen LogP contribution is -2.60. The van der Waals surface area contributed by atoms with E-state index in [4.69, 9.17) is 9.47 Å². The number of nitrogens with one attached hydrogen (secondary N) is 2. The third-order valence-corrected chi connectivity index (χ3v) is 4.15. The highest BCUT2D eigenvalue weighted by Crippen LogP contribution is 2.30. The molecule has 0 spiro atoms. The Hall–Kier alpha value is -1.79. The zero-order chi connectivity index (χ0) is 20.0. The standard InChI is InChI=1S/C15H26N2O9/c1-9(20)16-5-14(6-18,7-19)8-26-15(13(23)24)3-12(22)11(4-25-15)17-10(2)21/h11-12,18-19,22H,3-8H2,1-2H3,(H,16,20)(H,17,21)(H,23,24). The minimum Gasteiger partial charge on any atom is -0.477 e. The Balaban J connectivity index is 2.86. The van der Waals surface area contributed by atoms with Crippen LogP contribution in [0.5, 0.6) is 0 Å². The number of hydrogen-bond donors (Lipinski definition) is 6. The van der Waals surface area contributed by atoms with Crippen molar-refractivity contribution < 1.29 is 44.3 Å². The summed E-state index contributed by atoms with van der Waals surface area (Å²) < 4.78 is 10.6. The highest BCUT2D eigenvalue weighted by atomic mass is 16.7. The van der Waals surface area contributed by atoms with Gasteiger partial charge in [0.1, 0.15) is 0 Å². The molecule has 150 valence electrons. The van der Waals surface area contributed by atoms with Gasteiger partial charge in [0.25, 0.3) is 5.79 Å². The van der Waals surface area contributed by atoms with Crippen LogP contribution < -0.4 is 10.6 Å². The molecule has 11 heteroatoms. The number of aliphatic hydroxyl groups is 3. The second-order valence-electron chi connectivity index (χ2n) is 6.46. The smallest absolute Gasteiger partial charge is 0.364 e. The number of carbonyl (C=O) groups excluding carboxylic acids is 2. The Labute approximate surface area is 150 Å². The molecule has 1 saturated heterocycles. The number of carbonyl (C=O) groups is 3. The maximum absolute atomic E-state index is 11.7. The maximum Gasteiger partial charge on any atom is 0.364 e. The quantitative estimate of drug-likeness (QED) is 0.247. The van der Waals surface area contributed by atoms with Gasteiger partial charge in [0, 0.05) is 26.8 Å². The molecular weight excluding hydrogens is 352 g/mol. The molecule has 1 aliphatic rings. The number of carboxylic acid groups (broad SMARTS) is 1. The van der Waals surface area contributed by atoms with Gasteiger partial charge >= 0.3 is 5.97 Å². The van der Waals surface area contributed by atoms with E-state index in [0.717, 1.165) is 0 Å². The van der Waals surface area contributed by atoms with Crippen molar-refractivity contribution in [2.45, 2.75) is 38.2 Å². The summed E-state index contributed by atoms with van der Waals surface area (Å²) in [5.74, 6) is -4.51. The number of amides is 2. The maximum atomic E-state index is 11.7. The van der Waals surface area contributed by atoms with E-state index in [1.165, 1.54) is 13.8 Å². The van der Waals surface area contributed by atoms with E-state index in [1.807, 2.05) is 0 Å². The van der Waals surface area contributed by atoms with Crippen LogP contribution in [0.25, 0.3) is 0 Å². The first-order valence-corrected chi connectivity index (χ1v) is 8.02. The van der Waals surface area contributed by atoms with E-state index in [0.29, 0.717) is 0 Å². The number of hydrogen-bond acceptors (Lipinski definition) is 8. The summed E-state index contributed by atoms with van der Waals surface area (Å²) >= 11 is 0. The Morgan fingerprint density at radius 3 is 2.27 bits per heavy atom. The molecule has 2 amide bonds. The molecule has 0 saturated carbocycles. The van der Waals surface area contributed by atoms with E-state index in [1.54, 1.807) is 0 Å². The van der Waals surface area contributed by atoms with Gasteiger partial charge in [0.05, 0.1) is 44.0 Å². The zero-order valence-electron chi connectivity index (χ0n) is 14.7. The Kier molecular flexibility index (Phi) is 7.90. The average molecular weight is 378 g/mol. The van der Waals surface area contributed by atoms with Gasteiger partial charge in [0.2, 0.25) is 11.8 Å². The summed E-state index contributed by atoms with van der Waals surface area (Å²) in [7, 11) is 0. The fourth-order valence-electron chi connectivity index (χ4n) is 2.41. The lowest BCUT2D eigenvalue weighted by Gasteiger charge is -2.41. The second-order valence-corrected chi connectivity index (χ2v) is 6.46. The molecule has 1 heterocycles. The monoisotopic (exact) mass is 378 g/mol. The SMILES string of the molecule is CC(=O)NCC(CO)(CO)COC1(C(=O)O)CC(O)C(NC(C)=O)CO1. The van der Waals surface area contributed by atoms with Crippen molar-refractivity contribution in [1.29, 1.82) is 0 Å². The Morgan fingerprint density at radius 1 is 1.23 bits per heavy atom. The van der Waals surface area contributed by atoms with Gasteiger partial charge < -0.3 is 40.5 Å². The molecule has 11 nitrogen and oxygen atoms in total. The van der Waals surface area contributed by atoms with Crippen molar-refractivity contribution in [2.75, 3.05) is 33.0 Å². The summed E-state index contributed by atoms with van der Waals surface area (Å²) in [6.07, 6.45) is -1.71. The summed E-state index contributed by atoms with van der Waals surface area (Å²) in [4.78, 5) is 33.8. The summed E-state index contributed by atoms with van der Waals surface area (Å²) in [5, 5.41) is 43.6. The predicted molar refractivity (Wildman–Crippen MR) is 85.8 cm³/mol. The number of ether oxygens (including phenoxy) is 2. The summed E-state index contributed by atoms with van der Waals surface area (Å²) in [6, 6.07) is -0.789. The first kappa shape index (κ1) is 22.3. The van der Waals surface area contributed by atoms with Gasteiger partial charge in [-0.2, -0.15) is 0 Å². The average Bonchev–Trinajstić information content (AvgIpc) is 2.57. The van der Waals surface area contributed by atoms with Gasteiger partial charge in [0.15, 0.2) is 0 Å². The van der Waals surface area contributed by atoms with E-state index >= 15 is 0 Å². The van der Waals surface area contributed by atoms with Crippen LogP contribution in [-0.2, 0) is 23.9 Å². The Bertz CT molecular complexity index is 523. The first-order valence-electron chi connectivity index (χ1n) is 8.02. The summed E-state index contributed by atoms with van der Waals surface area (Å²) in [6.45, 7) is 0.423. The molecule has 1 aliphatic heterocycles. The molecular formula is C15H26N2O9. The fraction of sp³-hybridized carbons (Fsp3) is 0.800.